The molecule has 1 aliphatic rings. The van der Waals surface area contributed by atoms with Gasteiger partial charge in [-0.2, -0.15) is 10.5 Å². The van der Waals surface area contributed by atoms with Gasteiger partial charge in [-0.1, -0.05) is 48.5 Å². The van der Waals surface area contributed by atoms with Crippen LogP contribution in [0, 0.1) is 22.7 Å². The first-order chi connectivity index (χ1) is 17.6. The van der Waals surface area contributed by atoms with Gasteiger partial charge in [-0.25, -0.2) is 0 Å². The minimum Gasteiger partial charge on any atom is -0.351 e. The molecule has 1 fully saturated rings. The highest BCUT2D eigenvalue weighted by Gasteiger charge is 2.29. The SMILES string of the molecule is C[C@H]1CN(c2nnc(-c3ccc(C#N)cc3)c3ccccc23)CCN1C(=O)Cc1ccc(C#N)cc1.Cl. The molecule has 4 aromatic rings. The summed E-state index contributed by atoms with van der Waals surface area (Å²) >= 11 is 0. The van der Waals surface area contributed by atoms with E-state index in [-0.39, 0.29) is 24.4 Å². The van der Waals surface area contributed by atoms with Crippen molar-refractivity contribution < 1.29 is 4.79 Å². The van der Waals surface area contributed by atoms with Gasteiger partial charge in [-0.15, -0.1) is 22.6 Å². The summed E-state index contributed by atoms with van der Waals surface area (Å²) in [5, 5.41) is 29.3. The van der Waals surface area contributed by atoms with Gasteiger partial charge in [-0.05, 0) is 36.8 Å². The van der Waals surface area contributed by atoms with E-state index in [1.165, 1.54) is 0 Å². The van der Waals surface area contributed by atoms with Crippen molar-refractivity contribution in [2.45, 2.75) is 19.4 Å². The van der Waals surface area contributed by atoms with Crippen LogP contribution in [0.1, 0.15) is 23.6 Å². The van der Waals surface area contributed by atoms with Gasteiger partial charge >= 0.3 is 0 Å². The highest BCUT2D eigenvalue weighted by molar-refractivity contribution is 6.00. The Bertz CT molecular complexity index is 1510. The van der Waals surface area contributed by atoms with Crippen molar-refractivity contribution in [1.82, 2.24) is 15.1 Å². The van der Waals surface area contributed by atoms with Gasteiger partial charge in [0.25, 0.3) is 0 Å². The lowest BCUT2D eigenvalue weighted by Crippen LogP contribution is -2.54. The van der Waals surface area contributed by atoms with Gasteiger partial charge in [0, 0.05) is 42.0 Å². The van der Waals surface area contributed by atoms with E-state index in [1.807, 2.05) is 47.4 Å². The van der Waals surface area contributed by atoms with Crippen LogP contribution in [0.4, 0.5) is 5.82 Å². The Labute approximate surface area is 222 Å². The minimum atomic E-state index is 0. The van der Waals surface area contributed by atoms with Gasteiger partial charge in [0.1, 0.15) is 5.69 Å². The molecule has 5 rings (SSSR count). The average Bonchev–Trinajstić information content (AvgIpc) is 2.93. The smallest absolute Gasteiger partial charge is 0.227 e. The Kier molecular flexibility index (Phi) is 7.67. The van der Waals surface area contributed by atoms with E-state index >= 15 is 0 Å². The summed E-state index contributed by atoms with van der Waals surface area (Å²) in [7, 11) is 0. The summed E-state index contributed by atoms with van der Waals surface area (Å²) in [5.74, 6) is 0.896. The molecule has 1 aliphatic heterocycles. The van der Waals surface area contributed by atoms with Gasteiger partial charge in [0.2, 0.25) is 5.91 Å². The third-order valence-corrected chi connectivity index (χ3v) is 6.64. The molecule has 8 heteroatoms. The molecule has 7 nitrogen and oxygen atoms in total. The number of carbonyl (C=O) groups excluding carboxylic acids is 1. The molecule has 0 N–H and O–H groups in total. The van der Waals surface area contributed by atoms with Gasteiger partial charge in [-0.3, -0.25) is 4.79 Å². The molecule has 37 heavy (non-hydrogen) atoms. The summed E-state index contributed by atoms with van der Waals surface area (Å²) in [5.41, 5.74) is 3.79. The molecule has 184 valence electrons. The Hall–Kier alpha value is -4.46. The standard InChI is InChI=1S/C29H24N6O.ClH/c1-20-19-34(14-15-35(20)27(36)16-21-6-8-22(17-30)9-7-21)29-26-5-3-2-4-25(26)28(32-33-29)24-12-10-23(18-31)11-13-24;/h2-13,20H,14-16,19H2,1H3;1H/t20-;/m0./s1. The predicted molar refractivity (Wildman–Crippen MR) is 145 cm³/mol. The van der Waals surface area contributed by atoms with Crippen LogP contribution in [0.3, 0.4) is 0 Å². The molecule has 0 saturated carbocycles. The number of benzene rings is 3. The maximum absolute atomic E-state index is 13.0. The quantitative estimate of drug-likeness (QED) is 0.395. The lowest BCUT2D eigenvalue weighted by atomic mass is 10.0. The summed E-state index contributed by atoms with van der Waals surface area (Å²) in [6.07, 6.45) is 0.318. The van der Waals surface area contributed by atoms with Gasteiger partial charge in [0.05, 0.1) is 29.7 Å². The number of amides is 1. The summed E-state index contributed by atoms with van der Waals surface area (Å²) < 4.78 is 0. The number of anilines is 1. The molecule has 0 aliphatic carbocycles. The Morgan fingerprint density at radius 3 is 2.14 bits per heavy atom. The maximum Gasteiger partial charge on any atom is 0.227 e. The van der Waals surface area contributed by atoms with E-state index in [0.29, 0.717) is 37.2 Å². The van der Waals surface area contributed by atoms with Crippen LogP contribution in [-0.4, -0.2) is 46.7 Å². The van der Waals surface area contributed by atoms with E-state index in [9.17, 15) is 4.79 Å². The fourth-order valence-electron chi connectivity index (χ4n) is 4.73. The molecule has 1 aromatic heterocycles. The Balaban J connectivity index is 0.00000320. The van der Waals surface area contributed by atoms with E-state index in [4.69, 9.17) is 10.5 Å². The number of rotatable bonds is 4. The van der Waals surface area contributed by atoms with Crippen molar-refractivity contribution in [3.05, 3.63) is 89.5 Å². The van der Waals surface area contributed by atoms with E-state index in [0.717, 1.165) is 33.4 Å². The van der Waals surface area contributed by atoms with Crippen LogP contribution in [0.15, 0.2) is 72.8 Å². The normalized spacial score (nSPS) is 14.9. The molecule has 0 unspecified atom stereocenters. The van der Waals surface area contributed by atoms with Crippen LogP contribution >= 0.6 is 12.4 Å². The zero-order valence-electron chi connectivity index (χ0n) is 20.3. The molecule has 1 saturated heterocycles. The number of piperazine rings is 1. The first-order valence-corrected chi connectivity index (χ1v) is 11.9. The molecule has 1 amide bonds. The Morgan fingerprint density at radius 1 is 0.892 bits per heavy atom. The number of fused-ring (bicyclic) bond motifs is 1. The average molecular weight is 509 g/mol. The summed E-state index contributed by atoms with van der Waals surface area (Å²) in [6, 6.07) is 26.9. The molecular formula is C29H25ClN6O. The molecule has 3 aromatic carbocycles. The number of carbonyl (C=O) groups is 1. The van der Waals surface area contributed by atoms with Crippen molar-refractivity contribution in [2.24, 2.45) is 0 Å². The highest BCUT2D eigenvalue weighted by Crippen LogP contribution is 2.32. The first-order valence-electron chi connectivity index (χ1n) is 11.9. The monoisotopic (exact) mass is 508 g/mol. The number of hydrogen-bond donors (Lipinski definition) is 0. The molecule has 1 atom stereocenters. The number of nitriles is 2. The zero-order chi connectivity index (χ0) is 25.1. The van der Waals surface area contributed by atoms with Crippen LogP contribution in [0.2, 0.25) is 0 Å². The Morgan fingerprint density at radius 2 is 1.51 bits per heavy atom. The fourth-order valence-corrected chi connectivity index (χ4v) is 4.73. The third-order valence-electron chi connectivity index (χ3n) is 6.64. The van der Waals surface area contributed by atoms with Crippen molar-refractivity contribution in [1.29, 1.82) is 10.5 Å². The molecule has 2 heterocycles. The van der Waals surface area contributed by atoms with Crippen molar-refractivity contribution in [3.63, 3.8) is 0 Å². The summed E-state index contributed by atoms with van der Waals surface area (Å²) in [6.45, 7) is 3.99. The zero-order valence-corrected chi connectivity index (χ0v) is 21.2. The minimum absolute atomic E-state index is 0. The van der Waals surface area contributed by atoms with Crippen LogP contribution < -0.4 is 4.90 Å². The third kappa shape index (κ3) is 5.23. The molecule has 0 bridgehead atoms. The largest absolute Gasteiger partial charge is 0.351 e. The van der Waals surface area contributed by atoms with Crippen LogP contribution in [0.5, 0.6) is 0 Å². The second-order valence-corrected chi connectivity index (χ2v) is 8.97. The lowest BCUT2D eigenvalue weighted by molar-refractivity contribution is -0.132. The van der Waals surface area contributed by atoms with Crippen molar-refractivity contribution >= 4 is 34.9 Å². The molecule has 0 radical (unpaired) electrons. The number of hydrogen-bond acceptors (Lipinski definition) is 6. The lowest BCUT2D eigenvalue weighted by Gasteiger charge is -2.40. The fraction of sp³-hybridized carbons (Fsp3) is 0.207. The van der Waals surface area contributed by atoms with E-state index in [2.05, 4.69) is 40.2 Å². The number of nitrogens with zero attached hydrogens (tertiary/aromatic N) is 6. The second-order valence-electron chi connectivity index (χ2n) is 8.97. The topological polar surface area (TPSA) is 96.9 Å². The summed E-state index contributed by atoms with van der Waals surface area (Å²) in [4.78, 5) is 17.2. The van der Waals surface area contributed by atoms with E-state index < -0.39 is 0 Å². The van der Waals surface area contributed by atoms with Crippen molar-refractivity contribution in [3.8, 4) is 23.4 Å². The van der Waals surface area contributed by atoms with Crippen LogP contribution in [0.25, 0.3) is 22.0 Å². The second kappa shape index (κ2) is 11.1. The molecule has 0 spiro atoms. The van der Waals surface area contributed by atoms with Crippen molar-refractivity contribution in [2.75, 3.05) is 24.5 Å². The molecular weight excluding hydrogens is 484 g/mol. The van der Waals surface area contributed by atoms with E-state index in [1.54, 1.807) is 24.3 Å². The van der Waals surface area contributed by atoms with Crippen LogP contribution in [-0.2, 0) is 11.2 Å². The maximum atomic E-state index is 13.0. The van der Waals surface area contributed by atoms with Gasteiger partial charge in [0.15, 0.2) is 5.82 Å². The number of halogens is 1. The van der Waals surface area contributed by atoms with Gasteiger partial charge < -0.3 is 9.80 Å². The number of aromatic nitrogens is 2. The first kappa shape index (κ1) is 25.6. The predicted octanol–water partition coefficient (Wildman–Crippen LogP) is 4.74. The highest BCUT2D eigenvalue weighted by atomic mass is 35.5.